The minimum absolute atomic E-state index is 0.283. The van der Waals surface area contributed by atoms with Crippen LogP contribution in [0.1, 0.15) is 28.3 Å². The third kappa shape index (κ3) is 3.53. The summed E-state index contributed by atoms with van der Waals surface area (Å²) in [5.41, 5.74) is 3.89. The van der Waals surface area contributed by atoms with Crippen molar-refractivity contribution in [2.24, 2.45) is 0 Å². The highest BCUT2D eigenvalue weighted by Gasteiger charge is 2.18. The van der Waals surface area contributed by atoms with Gasteiger partial charge in [-0.2, -0.15) is 5.10 Å². The first kappa shape index (κ1) is 20.0. The molecule has 0 radical (unpaired) electrons. The second-order valence-electron chi connectivity index (χ2n) is 7.70. The first-order valence-corrected chi connectivity index (χ1v) is 10.3. The van der Waals surface area contributed by atoms with E-state index in [-0.39, 0.29) is 5.82 Å². The van der Waals surface area contributed by atoms with Crippen molar-refractivity contribution in [1.29, 1.82) is 0 Å². The number of ether oxygens (including phenoxy) is 1. The molecule has 0 N–H and O–H groups in total. The molecule has 0 aliphatic rings. The Hall–Kier alpha value is -3.94. The number of nitrogens with zero attached hydrogens (tertiary/aromatic N) is 5. The molecule has 0 bridgehead atoms. The lowest BCUT2D eigenvalue weighted by atomic mass is 10.1. The SMILES string of the molecule is COc1ccc2c(Cc3nc(Cn4cccn4)nn3-c3ccc(C)c(F)c3)coc2c1C. The normalized spacial score (nSPS) is 11.4. The van der Waals surface area contributed by atoms with Gasteiger partial charge in [0.1, 0.15) is 29.5 Å². The van der Waals surface area contributed by atoms with Gasteiger partial charge in [-0.3, -0.25) is 4.68 Å². The van der Waals surface area contributed by atoms with Gasteiger partial charge in [0.2, 0.25) is 0 Å². The van der Waals surface area contributed by atoms with Crippen LogP contribution in [0.4, 0.5) is 4.39 Å². The van der Waals surface area contributed by atoms with Gasteiger partial charge in [0.05, 0.1) is 19.1 Å². The van der Waals surface area contributed by atoms with Crippen molar-refractivity contribution in [3.63, 3.8) is 0 Å². The Labute approximate surface area is 184 Å². The van der Waals surface area contributed by atoms with Gasteiger partial charge in [-0.1, -0.05) is 6.07 Å². The maximum Gasteiger partial charge on any atom is 0.172 e. The van der Waals surface area contributed by atoms with Crippen molar-refractivity contribution in [2.75, 3.05) is 7.11 Å². The lowest BCUT2D eigenvalue weighted by Gasteiger charge is -2.07. The van der Waals surface area contributed by atoms with Crippen molar-refractivity contribution in [1.82, 2.24) is 24.5 Å². The van der Waals surface area contributed by atoms with E-state index in [9.17, 15) is 4.39 Å². The highest BCUT2D eigenvalue weighted by atomic mass is 19.1. The van der Waals surface area contributed by atoms with E-state index in [1.54, 1.807) is 41.9 Å². The highest BCUT2D eigenvalue weighted by Crippen LogP contribution is 2.31. The molecule has 5 aromatic rings. The molecular formula is C24H22FN5O2. The molecule has 0 spiro atoms. The number of benzene rings is 2. The van der Waals surface area contributed by atoms with Gasteiger partial charge in [0.15, 0.2) is 5.82 Å². The fraction of sp³-hybridized carbons (Fsp3) is 0.208. The molecule has 0 saturated carbocycles. The van der Waals surface area contributed by atoms with Crippen LogP contribution in [0.2, 0.25) is 0 Å². The topological polar surface area (TPSA) is 70.9 Å². The van der Waals surface area contributed by atoms with Crippen LogP contribution in [0, 0.1) is 19.7 Å². The van der Waals surface area contributed by atoms with E-state index in [1.165, 1.54) is 6.07 Å². The molecule has 2 aromatic carbocycles. The van der Waals surface area contributed by atoms with Gasteiger partial charge >= 0.3 is 0 Å². The Morgan fingerprint density at radius 2 is 2.03 bits per heavy atom. The van der Waals surface area contributed by atoms with Crippen molar-refractivity contribution in [3.05, 3.63) is 89.2 Å². The number of rotatable bonds is 6. The minimum atomic E-state index is -0.283. The summed E-state index contributed by atoms with van der Waals surface area (Å²) in [6.07, 6.45) is 5.77. The molecule has 7 nitrogen and oxygen atoms in total. The molecule has 162 valence electrons. The fourth-order valence-corrected chi connectivity index (χ4v) is 3.83. The van der Waals surface area contributed by atoms with Gasteiger partial charge in [0.25, 0.3) is 0 Å². The number of hydrogen-bond donors (Lipinski definition) is 0. The van der Waals surface area contributed by atoms with Crippen LogP contribution >= 0.6 is 0 Å². The Morgan fingerprint density at radius 3 is 2.78 bits per heavy atom. The minimum Gasteiger partial charge on any atom is -0.496 e. The molecule has 0 saturated heterocycles. The summed E-state index contributed by atoms with van der Waals surface area (Å²) in [4.78, 5) is 4.75. The average Bonchev–Trinajstić information content (AvgIpc) is 3.52. The van der Waals surface area contributed by atoms with Gasteiger partial charge in [-0.15, -0.1) is 5.10 Å². The van der Waals surface area contributed by atoms with E-state index in [0.29, 0.717) is 35.9 Å². The number of aryl methyl sites for hydroxylation is 2. The van der Waals surface area contributed by atoms with Gasteiger partial charge in [-0.25, -0.2) is 14.1 Å². The average molecular weight is 431 g/mol. The van der Waals surface area contributed by atoms with Crippen LogP contribution in [0.25, 0.3) is 16.7 Å². The number of methoxy groups -OCH3 is 1. The molecular weight excluding hydrogens is 409 g/mol. The van der Waals surface area contributed by atoms with Crippen LogP contribution in [0.3, 0.4) is 0 Å². The third-order valence-corrected chi connectivity index (χ3v) is 5.57. The van der Waals surface area contributed by atoms with Gasteiger partial charge in [0, 0.05) is 35.3 Å². The standard InChI is InChI=1S/C24H22FN5O2/c1-15-5-6-18(12-20(15)25)30-23(27-22(28-30)13-29-10-4-9-26-29)11-17-14-32-24-16(2)21(31-3)8-7-19(17)24/h4-10,12,14H,11,13H2,1-3H3. The van der Waals surface area contributed by atoms with E-state index < -0.39 is 0 Å². The zero-order valence-corrected chi connectivity index (χ0v) is 18.0. The summed E-state index contributed by atoms with van der Waals surface area (Å²) in [6, 6.07) is 10.8. The Kier molecular flexibility index (Phi) is 4.97. The summed E-state index contributed by atoms with van der Waals surface area (Å²) in [6.45, 7) is 4.12. The molecule has 0 amide bonds. The lowest BCUT2D eigenvalue weighted by molar-refractivity contribution is 0.411. The third-order valence-electron chi connectivity index (χ3n) is 5.57. The van der Waals surface area contributed by atoms with Crippen LogP contribution in [-0.4, -0.2) is 31.7 Å². The molecule has 8 heteroatoms. The lowest BCUT2D eigenvalue weighted by Crippen LogP contribution is -2.05. The number of hydrogen-bond acceptors (Lipinski definition) is 5. The largest absolute Gasteiger partial charge is 0.496 e. The predicted molar refractivity (Wildman–Crippen MR) is 118 cm³/mol. The number of fused-ring (bicyclic) bond motifs is 1. The molecule has 0 unspecified atom stereocenters. The van der Waals surface area contributed by atoms with E-state index in [0.717, 1.165) is 27.8 Å². The van der Waals surface area contributed by atoms with E-state index in [2.05, 4.69) is 10.2 Å². The molecule has 0 aliphatic heterocycles. The number of halogens is 1. The smallest absolute Gasteiger partial charge is 0.172 e. The monoisotopic (exact) mass is 431 g/mol. The van der Waals surface area contributed by atoms with Crippen molar-refractivity contribution >= 4 is 11.0 Å². The number of furan rings is 1. The van der Waals surface area contributed by atoms with E-state index in [4.69, 9.17) is 14.1 Å². The molecule has 5 rings (SSSR count). The van der Waals surface area contributed by atoms with Crippen LogP contribution in [-0.2, 0) is 13.0 Å². The van der Waals surface area contributed by atoms with Crippen LogP contribution in [0.15, 0.2) is 59.5 Å². The van der Waals surface area contributed by atoms with Crippen LogP contribution in [0.5, 0.6) is 5.75 Å². The second-order valence-corrected chi connectivity index (χ2v) is 7.70. The van der Waals surface area contributed by atoms with E-state index in [1.807, 2.05) is 37.4 Å². The number of aromatic nitrogens is 5. The summed E-state index contributed by atoms with van der Waals surface area (Å²) >= 11 is 0. The van der Waals surface area contributed by atoms with Crippen molar-refractivity contribution in [3.8, 4) is 11.4 Å². The summed E-state index contributed by atoms with van der Waals surface area (Å²) in [7, 11) is 1.64. The Bertz CT molecular complexity index is 1400. The first-order valence-electron chi connectivity index (χ1n) is 10.3. The molecule has 0 atom stereocenters. The quantitative estimate of drug-likeness (QED) is 0.393. The highest BCUT2D eigenvalue weighted by molar-refractivity contribution is 5.86. The molecule has 0 aliphatic carbocycles. The maximum atomic E-state index is 14.3. The van der Waals surface area contributed by atoms with Gasteiger partial charge in [-0.05, 0) is 49.7 Å². The Morgan fingerprint density at radius 1 is 1.16 bits per heavy atom. The molecule has 0 fully saturated rings. The molecule has 32 heavy (non-hydrogen) atoms. The predicted octanol–water partition coefficient (Wildman–Crippen LogP) is 4.61. The summed E-state index contributed by atoms with van der Waals surface area (Å²) in [5.74, 6) is 1.77. The zero-order chi connectivity index (χ0) is 22.2. The van der Waals surface area contributed by atoms with E-state index >= 15 is 0 Å². The summed E-state index contributed by atoms with van der Waals surface area (Å²) in [5, 5.41) is 9.88. The van der Waals surface area contributed by atoms with Gasteiger partial charge < -0.3 is 9.15 Å². The van der Waals surface area contributed by atoms with Crippen molar-refractivity contribution in [2.45, 2.75) is 26.8 Å². The van der Waals surface area contributed by atoms with Crippen molar-refractivity contribution < 1.29 is 13.5 Å². The maximum absolute atomic E-state index is 14.3. The second kappa shape index (κ2) is 7.96. The molecule has 3 heterocycles. The summed E-state index contributed by atoms with van der Waals surface area (Å²) < 4.78 is 29.0. The fourth-order valence-electron chi connectivity index (χ4n) is 3.83. The first-order chi connectivity index (χ1) is 15.5. The molecule has 3 aromatic heterocycles. The zero-order valence-electron chi connectivity index (χ0n) is 18.0. The Balaban J connectivity index is 1.57. The van der Waals surface area contributed by atoms with Crippen LogP contribution < -0.4 is 4.74 Å².